The summed E-state index contributed by atoms with van der Waals surface area (Å²) >= 11 is 0. The van der Waals surface area contributed by atoms with Crippen molar-refractivity contribution in [2.75, 3.05) is 26.1 Å². The molecule has 3 heterocycles. The van der Waals surface area contributed by atoms with Gasteiger partial charge in [-0.1, -0.05) is 6.07 Å². The molecule has 0 unspecified atom stereocenters. The highest BCUT2D eigenvalue weighted by atomic mass is 32.2. The molecule has 0 aliphatic carbocycles. The van der Waals surface area contributed by atoms with Crippen LogP contribution in [0.5, 0.6) is 11.5 Å². The fraction of sp³-hybridized carbons (Fsp3) is 0.320. The Morgan fingerprint density at radius 3 is 2.18 bits per heavy atom. The number of sulfonamides is 1. The number of ether oxygens (including phenoxy) is 3. The van der Waals surface area contributed by atoms with Crippen LogP contribution in [0.2, 0.25) is 0 Å². The van der Waals surface area contributed by atoms with Crippen molar-refractivity contribution in [2.24, 2.45) is 0 Å². The predicted molar refractivity (Wildman–Crippen MR) is 141 cm³/mol. The zero-order valence-electron chi connectivity index (χ0n) is 21.9. The van der Waals surface area contributed by atoms with E-state index in [0.717, 1.165) is 11.3 Å². The van der Waals surface area contributed by atoms with E-state index in [9.17, 15) is 8.42 Å². The van der Waals surface area contributed by atoms with Gasteiger partial charge in [-0.3, -0.25) is 14.3 Å². The molecular formula is C25H29N7O5S. The number of rotatable bonds is 10. The second-order valence-corrected chi connectivity index (χ2v) is 10.5. The van der Waals surface area contributed by atoms with E-state index in [0.29, 0.717) is 28.6 Å². The van der Waals surface area contributed by atoms with Gasteiger partial charge in [0.25, 0.3) is 0 Å². The number of methoxy groups -OCH3 is 3. The Labute approximate surface area is 221 Å². The van der Waals surface area contributed by atoms with Crippen molar-refractivity contribution in [3.8, 4) is 28.6 Å². The third-order valence-corrected chi connectivity index (χ3v) is 7.60. The number of benzene rings is 1. The molecule has 13 heteroatoms. The SMILES string of the molecule is COc1cccc(OC)c1-n1c(NS(=O)(=O)[C@@H](C)[C@H](OC)c2ncc(C)cn2)nnc1-c1ccnc(C)c1. The fourth-order valence-corrected chi connectivity index (χ4v) is 5.06. The quantitative estimate of drug-likeness (QED) is 0.319. The molecule has 1 aromatic carbocycles. The molecule has 0 radical (unpaired) electrons. The van der Waals surface area contributed by atoms with Crippen LogP contribution < -0.4 is 14.2 Å². The Balaban J connectivity index is 1.84. The lowest BCUT2D eigenvalue weighted by Crippen LogP contribution is -2.33. The minimum atomic E-state index is -4.10. The van der Waals surface area contributed by atoms with Gasteiger partial charge in [0.15, 0.2) is 11.6 Å². The van der Waals surface area contributed by atoms with E-state index in [1.54, 1.807) is 47.4 Å². The number of para-hydroxylation sites is 1. The van der Waals surface area contributed by atoms with Crippen molar-refractivity contribution in [1.29, 1.82) is 0 Å². The van der Waals surface area contributed by atoms with Crippen LogP contribution in [0.3, 0.4) is 0 Å². The van der Waals surface area contributed by atoms with Crippen molar-refractivity contribution in [2.45, 2.75) is 32.1 Å². The first-order valence-electron chi connectivity index (χ1n) is 11.6. The average Bonchev–Trinajstić information content (AvgIpc) is 3.31. The summed E-state index contributed by atoms with van der Waals surface area (Å²) in [6.45, 7) is 5.20. The molecule has 200 valence electrons. The normalized spacial score (nSPS) is 13.1. The standard InChI is InChI=1S/C25H29N7O5S/c1-15-13-27-23(28-14-15)22(37-6)17(3)38(33,34)31-25-30-29-24(18-10-11-26-16(2)12-18)32(25)21-19(35-4)8-7-9-20(21)36-5/h7-14,17,22H,1-6H3,(H,30,31)/t17-,22-/m0/s1. The Hall–Kier alpha value is -4.10. The number of nitrogens with one attached hydrogen (secondary N) is 1. The molecule has 0 bridgehead atoms. The van der Waals surface area contributed by atoms with Gasteiger partial charge in [-0.25, -0.2) is 18.4 Å². The van der Waals surface area contributed by atoms with Gasteiger partial charge in [-0.15, -0.1) is 10.2 Å². The summed E-state index contributed by atoms with van der Waals surface area (Å²) in [7, 11) is 0.326. The molecule has 1 N–H and O–H groups in total. The molecule has 0 saturated carbocycles. The highest BCUT2D eigenvalue weighted by Crippen LogP contribution is 2.38. The Bertz CT molecular complexity index is 1500. The van der Waals surface area contributed by atoms with Crippen LogP contribution in [0.4, 0.5) is 5.95 Å². The molecule has 0 fully saturated rings. The fourth-order valence-electron chi connectivity index (χ4n) is 3.93. The third-order valence-electron chi connectivity index (χ3n) is 5.90. The van der Waals surface area contributed by atoms with E-state index in [1.807, 2.05) is 19.9 Å². The highest BCUT2D eigenvalue weighted by molar-refractivity contribution is 7.93. The molecule has 38 heavy (non-hydrogen) atoms. The molecule has 4 aromatic rings. The molecule has 2 atom stereocenters. The topological polar surface area (TPSA) is 143 Å². The first-order chi connectivity index (χ1) is 18.2. The van der Waals surface area contributed by atoms with E-state index in [1.165, 1.54) is 28.3 Å². The van der Waals surface area contributed by atoms with Crippen molar-refractivity contribution in [3.05, 3.63) is 66.0 Å². The molecule has 12 nitrogen and oxygen atoms in total. The number of hydrogen-bond donors (Lipinski definition) is 1. The van der Waals surface area contributed by atoms with Crippen LogP contribution in [-0.2, 0) is 14.8 Å². The van der Waals surface area contributed by atoms with E-state index < -0.39 is 21.4 Å². The largest absolute Gasteiger partial charge is 0.494 e. The summed E-state index contributed by atoms with van der Waals surface area (Å²) in [5, 5.41) is 7.44. The van der Waals surface area contributed by atoms with Crippen LogP contribution in [0.25, 0.3) is 17.1 Å². The summed E-state index contributed by atoms with van der Waals surface area (Å²) < 4.78 is 48.1. The van der Waals surface area contributed by atoms with E-state index in [4.69, 9.17) is 14.2 Å². The smallest absolute Gasteiger partial charge is 0.243 e. The van der Waals surface area contributed by atoms with Crippen LogP contribution in [0, 0.1) is 13.8 Å². The van der Waals surface area contributed by atoms with E-state index >= 15 is 0 Å². The zero-order valence-corrected chi connectivity index (χ0v) is 22.7. The maximum atomic E-state index is 13.6. The number of aromatic nitrogens is 6. The van der Waals surface area contributed by atoms with Gasteiger partial charge in [0.1, 0.15) is 28.5 Å². The average molecular weight is 540 g/mol. The summed E-state index contributed by atoms with van der Waals surface area (Å²) in [6.07, 6.45) is 3.91. The molecule has 0 amide bonds. The maximum absolute atomic E-state index is 13.6. The molecular weight excluding hydrogens is 510 g/mol. The Morgan fingerprint density at radius 1 is 0.947 bits per heavy atom. The monoisotopic (exact) mass is 539 g/mol. The van der Waals surface area contributed by atoms with E-state index in [2.05, 4.69) is 29.9 Å². The molecule has 0 aliphatic rings. The summed E-state index contributed by atoms with van der Waals surface area (Å²) in [5.41, 5.74) is 2.68. The first kappa shape index (κ1) is 26.9. The second kappa shape index (κ2) is 11.1. The van der Waals surface area contributed by atoms with Gasteiger partial charge in [-0.05, 0) is 50.6 Å². The number of pyridine rings is 1. The van der Waals surface area contributed by atoms with Gasteiger partial charge in [-0.2, -0.15) is 0 Å². The van der Waals surface area contributed by atoms with Crippen molar-refractivity contribution in [1.82, 2.24) is 29.7 Å². The summed E-state index contributed by atoms with van der Waals surface area (Å²) in [4.78, 5) is 12.7. The van der Waals surface area contributed by atoms with Gasteiger partial charge in [0.05, 0.1) is 14.2 Å². The zero-order chi connectivity index (χ0) is 27.4. The van der Waals surface area contributed by atoms with Gasteiger partial charge >= 0.3 is 0 Å². The number of aryl methyl sites for hydroxylation is 2. The number of anilines is 1. The van der Waals surface area contributed by atoms with Crippen LogP contribution in [-0.4, -0.2) is 64.7 Å². The summed E-state index contributed by atoms with van der Waals surface area (Å²) in [5.74, 6) is 1.38. The minimum absolute atomic E-state index is 0.0659. The highest BCUT2D eigenvalue weighted by Gasteiger charge is 2.35. The third kappa shape index (κ3) is 5.29. The lowest BCUT2D eigenvalue weighted by molar-refractivity contribution is 0.0949. The van der Waals surface area contributed by atoms with Crippen LogP contribution in [0.15, 0.2) is 48.9 Å². The molecule has 3 aromatic heterocycles. The van der Waals surface area contributed by atoms with Crippen molar-refractivity contribution in [3.63, 3.8) is 0 Å². The minimum Gasteiger partial charge on any atom is -0.494 e. The summed E-state index contributed by atoms with van der Waals surface area (Å²) in [6, 6.07) is 8.80. The van der Waals surface area contributed by atoms with Crippen LogP contribution in [0.1, 0.15) is 30.1 Å². The number of hydrogen-bond acceptors (Lipinski definition) is 10. The van der Waals surface area contributed by atoms with Crippen LogP contribution >= 0.6 is 0 Å². The number of nitrogens with zero attached hydrogens (tertiary/aromatic N) is 6. The van der Waals surface area contributed by atoms with Crippen molar-refractivity contribution >= 4 is 16.0 Å². The predicted octanol–water partition coefficient (Wildman–Crippen LogP) is 3.27. The van der Waals surface area contributed by atoms with E-state index in [-0.39, 0.29) is 11.8 Å². The van der Waals surface area contributed by atoms with Crippen molar-refractivity contribution < 1.29 is 22.6 Å². The molecule has 0 aliphatic heterocycles. The second-order valence-electron chi connectivity index (χ2n) is 8.51. The molecule has 4 rings (SSSR count). The Morgan fingerprint density at radius 2 is 1.61 bits per heavy atom. The molecule has 0 saturated heterocycles. The maximum Gasteiger partial charge on any atom is 0.243 e. The Kier molecular flexibility index (Phi) is 7.88. The van der Waals surface area contributed by atoms with Gasteiger partial charge in [0, 0.05) is 37.0 Å². The lowest BCUT2D eigenvalue weighted by Gasteiger charge is -2.23. The molecule has 0 spiro atoms. The van der Waals surface area contributed by atoms with Gasteiger partial charge < -0.3 is 14.2 Å². The first-order valence-corrected chi connectivity index (χ1v) is 13.2. The lowest BCUT2D eigenvalue weighted by atomic mass is 10.2. The van der Waals surface area contributed by atoms with Gasteiger partial charge in [0.2, 0.25) is 16.0 Å².